The number of benzene rings is 2. The predicted molar refractivity (Wildman–Crippen MR) is 102 cm³/mol. The SMILES string of the molecule is CCc1cc(C)ccc1Oc1ncc(Oc2ccc(CCN)cc2)s1. The summed E-state index contributed by atoms with van der Waals surface area (Å²) in [5.41, 5.74) is 9.17. The van der Waals surface area contributed by atoms with E-state index < -0.39 is 0 Å². The molecule has 130 valence electrons. The smallest absolute Gasteiger partial charge is 0.282 e. The summed E-state index contributed by atoms with van der Waals surface area (Å²) in [4.78, 5) is 4.31. The van der Waals surface area contributed by atoms with Gasteiger partial charge in [0.25, 0.3) is 5.19 Å². The second-order valence-corrected chi connectivity index (χ2v) is 6.75. The number of hydrogen-bond acceptors (Lipinski definition) is 5. The fourth-order valence-corrected chi connectivity index (χ4v) is 3.18. The molecule has 2 aromatic carbocycles. The first-order chi connectivity index (χ1) is 12.2. The fourth-order valence-electron chi connectivity index (χ4n) is 2.52. The molecule has 25 heavy (non-hydrogen) atoms. The highest BCUT2D eigenvalue weighted by molar-refractivity contribution is 7.15. The van der Waals surface area contributed by atoms with E-state index in [-0.39, 0.29) is 0 Å². The minimum Gasteiger partial charge on any atom is -0.445 e. The molecule has 0 aliphatic heterocycles. The van der Waals surface area contributed by atoms with Gasteiger partial charge in [-0.15, -0.1) is 0 Å². The van der Waals surface area contributed by atoms with Gasteiger partial charge in [0.15, 0.2) is 0 Å². The lowest BCUT2D eigenvalue weighted by Gasteiger charge is -2.08. The van der Waals surface area contributed by atoms with Crippen LogP contribution in [0.25, 0.3) is 0 Å². The Bertz CT molecular complexity index is 828. The summed E-state index contributed by atoms with van der Waals surface area (Å²) in [5.74, 6) is 1.63. The third-order valence-electron chi connectivity index (χ3n) is 3.83. The van der Waals surface area contributed by atoms with Gasteiger partial charge in [0, 0.05) is 0 Å². The number of ether oxygens (including phenoxy) is 2. The molecule has 5 heteroatoms. The molecule has 0 unspecified atom stereocenters. The van der Waals surface area contributed by atoms with Crippen molar-refractivity contribution in [3.8, 4) is 21.8 Å². The van der Waals surface area contributed by atoms with Crippen molar-refractivity contribution in [3.05, 3.63) is 65.4 Å². The molecule has 0 radical (unpaired) electrons. The van der Waals surface area contributed by atoms with E-state index in [1.54, 1.807) is 6.20 Å². The molecule has 0 aliphatic carbocycles. The van der Waals surface area contributed by atoms with Gasteiger partial charge >= 0.3 is 0 Å². The molecule has 0 spiro atoms. The molecule has 0 fully saturated rings. The Morgan fingerprint density at radius 3 is 2.60 bits per heavy atom. The second kappa shape index (κ2) is 8.14. The van der Waals surface area contributed by atoms with Crippen molar-refractivity contribution in [3.63, 3.8) is 0 Å². The van der Waals surface area contributed by atoms with Crippen molar-refractivity contribution in [2.24, 2.45) is 5.73 Å². The van der Waals surface area contributed by atoms with Crippen molar-refractivity contribution >= 4 is 11.3 Å². The highest BCUT2D eigenvalue weighted by Crippen LogP contribution is 2.35. The van der Waals surface area contributed by atoms with Gasteiger partial charge in [-0.3, -0.25) is 0 Å². The van der Waals surface area contributed by atoms with Crippen LogP contribution in [0.4, 0.5) is 0 Å². The Hall–Kier alpha value is -2.37. The second-order valence-electron chi connectivity index (χ2n) is 5.80. The van der Waals surface area contributed by atoms with E-state index in [2.05, 4.69) is 24.9 Å². The van der Waals surface area contributed by atoms with Crippen LogP contribution < -0.4 is 15.2 Å². The van der Waals surface area contributed by atoms with Gasteiger partial charge in [-0.25, -0.2) is 4.98 Å². The van der Waals surface area contributed by atoms with Crippen LogP contribution in [0.3, 0.4) is 0 Å². The van der Waals surface area contributed by atoms with Crippen molar-refractivity contribution < 1.29 is 9.47 Å². The van der Waals surface area contributed by atoms with E-state index in [9.17, 15) is 0 Å². The molecule has 4 nitrogen and oxygen atoms in total. The molecule has 3 aromatic rings. The highest BCUT2D eigenvalue weighted by Gasteiger charge is 2.09. The van der Waals surface area contributed by atoms with Crippen molar-refractivity contribution in [2.45, 2.75) is 26.7 Å². The van der Waals surface area contributed by atoms with E-state index in [1.165, 1.54) is 28.0 Å². The van der Waals surface area contributed by atoms with E-state index in [0.717, 1.165) is 24.3 Å². The maximum absolute atomic E-state index is 5.94. The monoisotopic (exact) mass is 354 g/mol. The van der Waals surface area contributed by atoms with Crippen LogP contribution in [0.2, 0.25) is 0 Å². The van der Waals surface area contributed by atoms with Gasteiger partial charge in [0.2, 0.25) is 5.06 Å². The number of aryl methyl sites for hydroxylation is 2. The third-order valence-corrected chi connectivity index (χ3v) is 4.59. The molecule has 0 saturated heterocycles. The lowest BCUT2D eigenvalue weighted by Crippen LogP contribution is -2.02. The first-order valence-corrected chi connectivity index (χ1v) is 9.19. The molecule has 3 rings (SSSR count). The van der Waals surface area contributed by atoms with E-state index in [1.807, 2.05) is 36.4 Å². The molecule has 1 heterocycles. The number of hydrogen-bond donors (Lipinski definition) is 1. The Labute approximate surface area is 152 Å². The Balaban J connectivity index is 1.68. The summed E-state index contributed by atoms with van der Waals surface area (Å²) in [6.07, 6.45) is 3.48. The zero-order valence-electron chi connectivity index (χ0n) is 14.5. The molecule has 0 aliphatic rings. The zero-order chi connectivity index (χ0) is 17.6. The van der Waals surface area contributed by atoms with Crippen molar-refractivity contribution in [2.75, 3.05) is 6.54 Å². The zero-order valence-corrected chi connectivity index (χ0v) is 15.3. The van der Waals surface area contributed by atoms with E-state index >= 15 is 0 Å². The van der Waals surface area contributed by atoms with Gasteiger partial charge in [-0.05, 0) is 67.0 Å². The lowest BCUT2D eigenvalue weighted by atomic mass is 10.1. The summed E-state index contributed by atoms with van der Waals surface area (Å²) in [6.45, 7) is 4.85. The van der Waals surface area contributed by atoms with Crippen molar-refractivity contribution in [1.29, 1.82) is 0 Å². The number of nitrogens with zero attached hydrogens (tertiary/aromatic N) is 1. The largest absolute Gasteiger partial charge is 0.445 e. The average Bonchev–Trinajstić information content (AvgIpc) is 3.05. The van der Waals surface area contributed by atoms with Crippen LogP contribution in [-0.4, -0.2) is 11.5 Å². The molecule has 0 bridgehead atoms. The maximum atomic E-state index is 5.94. The molecule has 0 amide bonds. The summed E-state index contributed by atoms with van der Waals surface area (Å²) >= 11 is 1.38. The van der Waals surface area contributed by atoms with Crippen LogP contribution in [-0.2, 0) is 12.8 Å². The van der Waals surface area contributed by atoms with Crippen LogP contribution in [0.1, 0.15) is 23.6 Å². The van der Waals surface area contributed by atoms with Gasteiger partial charge in [0.1, 0.15) is 11.5 Å². The first-order valence-electron chi connectivity index (χ1n) is 8.38. The Morgan fingerprint density at radius 1 is 1.08 bits per heavy atom. The minimum absolute atomic E-state index is 0.577. The average molecular weight is 354 g/mol. The van der Waals surface area contributed by atoms with Crippen LogP contribution in [0.5, 0.6) is 21.8 Å². The third kappa shape index (κ3) is 4.59. The fraction of sp³-hybridized carbons (Fsp3) is 0.250. The van der Waals surface area contributed by atoms with Crippen LogP contribution >= 0.6 is 11.3 Å². The quantitative estimate of drug-likeness (QED) is 0.641. The Morgan fingerprint density at radius 2 is 1.88 bits per heavy atom. The predicted octanol–water partition coefficient (Wildman–Crippen LogP) is 5.10. The standard InChI is InChI=1S/C20H22N2O2S/c1-3-16-12-14(2)4-9-18(16)24-20-22-13-19(25-20)23-17-7-5-15(6-8-17)10-11-21/h4-9,12-13H,3,10-11,21H2,1-2H3. The van der Waals surface area contributed by atoms with Crippen molar-refractivity contribution in [1.82, 2.24) is 4.98 Å². The van der Waals surface area contributed by atoms with Gasteiger partial charge < -0.3 is 15.2 Å². The number of rotatable bonds is 7. The number of nitrogens with two attached hydrogens (primary N) is 1. The van der Waals surface area contributed by atoms with Gasteiger partial charge in [-0.1, -0.05) is 36.8 Å². The van der Waals surface area contributed by atoms with E-state index in [4.69, 9.17) is 15.2 Å². The number of thiazole rings is 1. The molecule has 0 saturated carbocycles. The molecular formula is C20H22N2O2S. The summed E-state index contributed by atoms with van der Waals surface area (Å²) in [6, 6.07) is 14.1. The highest BCUT2D eigenvalue weighted by atomic mass is 32.1. The summed E-state index contributed by atoms with van der Waals surface area (Å²) < 4.78 is 11.8. The topological polar surface area (TPSA) is 57.4 Å². The van der Waals surface area contributed by atoms with Gasteiger partial charge in [-0.2, -0.15) is 0 Å². The van der Waals surface area contributed by atoms with Gasteiger partial charge in [0.05, 0.1) is 6.20 Å². The van der Waals surface area contributed by atoms with E-state index in [0.29, 0.717) is 16.8 Å². The summed E-state index contributed by atoms with van der Waals surface area (Å²) in [5, 5.41) is 1.28. The normalized spacial score (nSPS) is 10.7. The van der Waals surface area contributed by atoms with Crippen LogP contribution in [0.15, 0.2) is 48.7 Å². The molecule has 2 N–H and O–H groups in total. The Kier molecular flexibility index (Phi) is 5.68. The molecule has 1 aromatic heterocycles. The first kappa shape index (κ1) is 17.5. The minimum atomic E-state index is 0.577. The van der Waals surface area contributed by atoms with Crippen LogP contribution in [0, 0.1) is 6.92 Å². The number of aromatic nitrogens is 1. The molecular weight excluding hydrogens is 332 g/mol. The lowest BCUT2D eigenvalue weighted by molar-refractivity contribution is 0.473. The summed E-state index contributed by atoms with van der Waals surface area (Å²) in [7, 11) is 0. The maximum Gasteiger partial charge on any atom is 0.282 e. The molecule has 0 atom stereocenters.